The number of hydrogen-bond donors (Lipinski definition) is 1. The second-order valence-corrected chi connectivity index (χ2v) is 7.82. The molecular formula is C19H26F3N3O2S. The zero-order chi connectivity index (χ0) is 20.7. The molecule has 1 aromatic rings. The topological polar surface area (TPSA) is 52.7 Å². The summed E-state index contributed by atoms with van der Waals surface area (Å²) in [5.74, 6) is -0.364. The fourth-order valence-corrected chi connectivity index (χ4v) is 3.57. The molecule has 0 spiro atoms. The van der Waals surface area contributed by atoms with Crippen LogP contribution in [0, 0.1) is 0 Å². The van der Waals surface area contributed by atoms with Crippen molar-refractivity contribution in [2.75, 3.05) is 24.5 Å². The molecule has 1 aliphatic rings. The lowest BCUT2D eigenvalue weighted by Crippen LogP contribution is -2.36. The maximum atomic E-state index is 12.7. The highest BCUT2D eigenvalue weighted by molar-refractivity contribution is 8.00. The number of amides is 3. The van der Waals surface area contributed by atoms with Crippen molar-refractivity contribution in [3.05, 3.63) is 24.3 Å². The molecule has 1 N–H and O–H groups in total. The lowest BCUT2D eigenvalue weighted by molar-refractivity contribution is -0.119. The minimum atomic E-state index is -4.38. The molecule has 156 valence electrons. The number of imide groups is 1. The molecule has 1 aliphatic heterocycles. The van der Waals surface area contributed by atoms with Crippen molar-refractivity contribution in [2.45, 2.75) is 56.0 Å². The van der Waals surface area contributed by atoms with Crippen LogP contribution in [0.4, 0.5) is 23.7 Å². The highest BCUT2D eigenvalue weighted by Crippen LogP contribution is 2.37. The fraction of sp³-hybridized carbons (Fsp3) is 0.579. The van der Waals surface area contributed by atoms with E-state index in [0.717, 1.165) is 37.3 Å². The summed E-state index contributed by atoms with van der Waals surface area (Å²) in [5.41, 5.74) is -4.09. The second-order valence-electron chi connectivity index (χ2n) is 6.68. The van der Waals surface area contributed by atoms with Crippen molar-refractivity contribution >= 4 is 29.4 Å². The molecule has 9 heteroatoms. The molecule has 0 saturated carbocycles. The number of halogens is 3. The van der Waals surface area contributed by atoms with Gasteiger partial charge in [0.15, 0.2) is 0 Å². The largest absolute Gasteiger partial charge is 0.446 e. The predicted octanol–water partition coefficient (Wildman–Crippen LogP) is 4.63. The van der Waals surface area contributed by atoms with Crippen molar-refractivity contribution in [3.8, 4) is 0 Å². The maximum Gasteiger partial charge on any atom is 0.446 e. The Hall–Kier alpha value is -1.74. The summed E-state index contributed by atoms with van der Waals surface area (Å²) in [6.45, 7) is 5.96. The molecular weight excluding hydrogens is 391 g/mol. The Morgan fingerprint density at radius 2 is 1.71 bits per heavy atom. The van der Waals surface area contributed by atoms with Gasteiger partial charge in [0.1, 0.15) is 6.04 Å². The summed E-state index contributed by atoms with van der Waals surface area (Å²) in [7, 11) is 0. The molecule has 0 bridgehead atoms. The number of carbonyl (C=O) groups excluding carboxylic acids is 2. The van der Waals surface area contributed by atoms with E-state index in [1.807, 2.05) is 0 Å². The molecule has 3 amide bonds. The highest BCUT2D eigenvalue weighted by atomic mass is 32.2. The zero-order valence-electron chi connectivity index (χ0n) is 16.1. The molecule has 2 rings (SSSR count). The molecule has 1 unspecified atom stereocenters. The Labute approximate surface area is 167 Å². The van der Waals surface area contributed by atoms with Crippen LogP contribution >= 0.6 is 11.8 Å². The number of urea groups is 1. The number of anilines is 1. The van der Waals surface area contributed by atoms with E-state index in [0.29, 0.717) is 6.54 Å². The number of unbranched alkanes of at least 4 members (excludes halogenated alkanes) is 2. The number of nitrogens with zero attached hydrogens (tertiary/aromatic N) is 2. The van der Waals surface area contributed by atoms with Gasteiger partial charge in [-0.1, -0.05) is 19.8 Å². The predicted molar refractivity (Wildman–Crippen MR) is 104 cm³/mol. The number of nitrogens with one attached hydrogen (secondary N) is 1. The van der Waals surface area contributed by atoms with Gasteiger partial charge in [0.05, 0.1) is 5.69 Å². The number of hydrogen-bond acceptors (Lipinski definition) is 4. The Kier molecular flexibility index (Phi) is 8.18. The van der Waals surface area contributed by atoms with Gasteiger partial charge in [0.25, 0.3) is 5.91 Å². The van der Waals surface area contributed by atoms with Crippen LogP contribution < -0.4 is 10.2 Å². The van der Waals surface area contributed by atoms with Gasteiger partial charge in [-0.05, 0) is 68.9 Å². The molecule has 0 aromatic heterocycles. The molecule has 1 atom stereocenters. The first-order valence-corrected chi connectivity index (χ1v) is 10.3. The van der Waals surface area contributed by atoms with Crippen LogP contribution in [0.25, 0.3) is 0 Å². The Balaban J connectivity index is 1.92. The average molecular weight is 417 g/mol. The van der Waals surface area contributed by atoms with E-state index in [1.54, 1.807) is 6.92 Å². The Bertz CT molecular complexity index is 667. The number of benzene rings is 1. The van der Waals surface area contributed by atoms with Crippen molar-refractivity contribution in [1.29, 1.82) is 0 Å². The molecule has 0 aliphatic carbocycles. The van der Waals surface area contributed by atoms with Crippen LogP contribution in [-0.2, 0) is 4.79 Å². The van der Waals surface area contributed by atoms with E-state index < -0.39 is 17.6 Å². The third-order valence-electron chi connectivity index (χ3n) is 4.52. The summed E-state index contributed by atoms with van der Waals surface area (Å²) in [6.07, 6.45) is 4.18. The van der Waals surface area contributed by atoms with Crippen molar-refractivity contribution < 1.29 is 22.8 Å². The minimum absolute atomic E-state index is 0.00870. The minimum Gasteiger partial charge on any atom is -0.317 e. The molecule has 1 aromatic carbocycles. The van der Waals surface area contributed by atoms with E-state index in [2.05, 4.69) is 12.2 Å². The van der Waals surface area contributed by atoms with E-state index in [-0.39, 0.29) is 28.3 Å². The molecule has 5 nitrogen and oxygen atoms in total. The number of thioether (sulfide) groups is 1. The number of carbonyl (C=O) groups is 2. The quantitative estimate of drug-likeness (QED) is 0.343. The lowest BCUT2D eigenvalue weighted by Gasteiger charge is -2.19. The van der Waals surface area contributed by atoms with Gasteiger partial charge in [-0.2, -0.15) is 13.2 Å². The monoisotopic (exact) mass is 417 g/mol. The number of alkyl halides is 3. The van der Waals surface area contributed by atoms with Gasteiger partial charge in [-0.3, -0.25) is 4.79 Å². The molecule has 1 saturated heterocycles. The molecule has 1 fully saturated rings. The lowest BCUT2D eigenvalue weighted by atomic mass is 10.2. The van der Waals surface area contributed by atoms with Crippen molar-refractivity contribution in [3.63, 3.8) is 0 Å². The van der Waals surface area contributed by atoms with Crippen LogP contribution in [0.15, 0.2) is 29.2 Å². The van der Waals surface area contributed by atoms with E-state index in [4.69, 9.17) is 0 Å². The van der Waals surface area contributed by atoms with Gasteiger partial charge >= 0.3 is 11.5 Å². The van der Waals surface area contributed by atoms with Crippen LogP contribution in [-0.4, -0.2) is 48.0 Å². The SMILES string of the molecule is CCCCCNCCCN1C(=O)N(c2ccc(SC(F)(F)F)cc2)C(=O)C1C. The molecule has 1 heterocycles. The third kappa shape index (κ3) is 6.13. The summed E-state index contributed by atoms with van der Waals surface area (Å²) < 4.78 is 37.3. The van der Waals surface area contributed by atoms with Gasteiger partial charge in [0.2, 0.25) is 0 Å². The van der Waals surface area contributed by atoms with E-state index >= 15 is 0 Å². The average Bonchev–Trinajstić information content (AvgIpc) is 2.83. The fourth-order valence-electron chi connectivity index (χ4n) is 3.03. The first-order chi connectivity index (χ1) is 13.2. The van der Waals surface area contributed by atoms with Crippen molar-refractivity contribution in [2.24, 2.45) is 0 Å². The van der Waals surface area contributed by atoms with E-state index in [9.17, 15) is 22.8 Å². The standard InChI is InChI=1S/C19H26F3N3O2S/c1-3-4-5-11-23-12-6-13-24-14(2)17(26)25(18(24)27)15-7-9-16(10-8-15)28-19(20,21)22/h7-10,14,23H,3-6,11-13H2,1-2H3. The van der Waals surface area contributed by atoms with E-state index in [1.165, 1.54) is 35.6 Å². The maximum absolute atomic E-state index is 12.7. The smallest absolute Gasteiger partial charge is 0.317 e. The van der Waals surface area contributed by atoms with Gasteiger partial charge in [-0.15, -0.1) is 0 Å². The molecule has 28 heavy (non-hydrogen) atoms. The zero-order valence-corrected chi connectivity index (χ0v) is 16.9. The Morgan fingerprint density at radius 1 is 1.07 bits per heavy atom. The van der Waals surface area contributed by atoms with Crippen LogP contribution in [0.3, 0.4) is 0 Å². The number of rotatable bonds is 10. The van der Waals surface area contributed by atoms with Gasteiger partial charge in [-0.25, -0.2) is 9.69 Å². The third-order valence-corrected chi connectivity index (χ3v) is 5.26. The van der Waals surface area contributed by atoms with Crippen molar-refractivity contribution in [1.82, 2.24) is 10.2 Å². The first-order valence-electron chi connectivity index (χ1n) is 9.45. The summed E-state index contributed by atoms with van der Waals surface area (Å²) >= 11 is -0.231. The normalized spacial score (nSPS) is 17.7. The van der Waals surface area contributed by atoms with Gasteiger partial charge < -0.3 is 10.2 Å². The highest BCUT2D eigenvalue weighted by Gasteiger charge is 2.43. The van der Waals surface area contributed by atoms with Crippen LogP contribution in [0.2, 0.25) is 0 Å². The van der Waals surface area contributed by atoms with Crippen LogP contribution in [0.1, 0.15) is 39.5 Å². The Morgan fingerprint density at radius 3 is 2.32 bits per heavy atom. The summed E-state index contributed by atoms with van der Waals surface area (Å²) in [6, 6.07) is 4.25. The molecule has 0 radical (unpaired) electrons. The first kappa shape index (κ1) is 22.5. The van der Waals surface area contributed by atoms with Crippen LogP contribution in [0.5, 0.6) is 0 Å². The second kappa shape index (κ2) is 10.2. The van der Waals surface area contributed by atoms with Gasteiger partial charge in [0, 0.05) is 11.4 Å². The summed E-state index contributed by atoms with van der Waals surface area (Å²) in [5, 5.41) is 3.32. The summed E-state index contributed by atoms with van der Waals surface area (Å²) in [4.78, 5) is 27.7.